The molecule has 2 aromatic rings. The summed E-state index contributed by atoms with van der Waals surface area (Å²) in [7, 11) is 1.62. The minimum atomic E-state index is -0.278. The molecule has 0 aliphatic rings. The Kier molecular flexibility index (Phi) is 7.36. The summed E-state index contributed by atoms with van der Waals surface area (Å²) in [5.74, 6) is 0.906. The van der Waals surface area contributed by atoms with Crippen LogP contribution in [0.1, 0.15) is 37.3 Å². The molecule has 0 aliphatic heterocycles. The topological polar surface area (TPSA) is 50.4 Å². The molecular formula is C21H24N2O2S. The molecule has 2 aromatic carbocycles. The number of nitrogens with one attached hydrogen (secondary N) is 2. The molecule has 0 aliphatic carbocycles. The third-order valence-corrected chi connectivity index (χ3v) is 4.34. The molecule has 4 nitrogen and oxygen atoms in total. The van der Waals surface area contributed by atoms with E-state index < -0.39 is 0 Å². The van der Waals surface area contributed by atoms with Gasteiger partial charge in [-0.2, -0.15) is 0 Å². The first-order chi connectivity index (χ1) is 12.5. The average Bonchev–Trinajstić information content (AvgIpc) is 2.66. The van der Waals surface area contributed by atoms with Crippen molar-refractivity contribution in [3.8, 4) is 5.75 Å². The minimum absolute atomic E-state index is 0.278. The Morgan fingerprint density at radius 3 is 2.54 bits per heavy atom. The maximum atomic E-state index is 12.1. The highest BCUT2D eigenvalue weighted by atomic mass is 32.1. The van der Waals surface area contributed by atoms with Crippen LogP contribution >= 0.6 is 12.2 Å². The summed E-state index contributed by atoms with van der Waals surface area (Å²) in [6.07, 6.45) is 4.21. The Morgan fingerprint density at radius 2 is 1.88 bits per heavy atom. The summed E-state index contributed by atoms with van der Waals surface area (Å²) in [6.45, 7) is 4.31. The molecule has 0 bridgehead atoms. The normalized spacial score (nSPS) is 11.8. The molecule has 5 heteroatoms. The number of para-hydroxylation sites is 1. The first-order valence-electron chi connectivity index (χ1n) is 8.56. The number of hydrogen-bond acceptors (Lipinski definition) is 3. The number of rotatable bonds is 6. The minimum Gasteiger partial charge on any atom is -0.497 e. The Morgan fingerprint density at radius 1 is 1.19 bits per heavy atom. The van der Waals surface area contributed by atoms with Crippen LogP contribution < -0.4 is 15.4 Å². The summed E-state index contributed by atoms with van der Waals surface area (Å²) in [4.78, 5) is 12.1. The van der Waals surface area contributed by atoms with E-state index in [2.05, 4.69) is 30.5 Å². The molecule has 1 atom stereocenters. The van der Waals surface area contributed by atoms with Crippen LogP contribution in [0.4, 0.5) is 5.69 Å². The number of carbonyl (C=O) groups is 1. The number of ether oxygens (including phenoxy) is 1. The van der Waals surface area contributed by atoms with E-state index in [9.17, 15) is 4.79 Å². The average molecular weight is 369 g/mol. The molecule has 26 heavy (non-hydrogen) atoms. The molecule has 2 N–H and O–H groups in total. The van der Waals surface area contributed by atoms with E-state index in [1.807, 2.05) is 42.5 Å². The van der Waals surface area contributed by atoms with Crippen molar-refractivity contribution in [2.75, 3.05) is 12.4 Å². The van der Waals surface area contributed by atoms with Gasteiger partial charge in [-0.05, 0) is 60.0 Å². The van der Waals surface area contributed by atoms with Gasteiger partial charge < -0.3 is 10.1 Å². The van der Waals surface area contributed by atoms with Gasteiger partial charge in [-0.3, -0.25) is 10.1 Å². The van der Waals surface area contributed by atoms with E-state index in [-0.39, 0.29) is 11.0 Å². The van der Waals surface area contributed by atoms with E-state index in [1.54, 1.807) is 13.2 Å². The number of carbonyl (C=O) groups excluding carboxylic acids is 1. The Hall–Kier alpha value is -2.66. The number of benzene rings is 2. The fourth-order valence-corrected chi connectivity index (χ4v) is 2.67. The first-order valence-corrected chi connectivity index (χ1v) is 8.97. The highest BCUT2D eigenvalue weighted by Crippen LogP contribution is 2.26. The quantitative estimate of drug-likeness (QED) is 0.571. The van der Waals surface area contributed by atoms with Crippen LogP contribution in [0.2, 0.25) is 0 Å². The van der Waals surface area contributed by atoms with Crippen LogP contribution in [0.15, 0.2) is 54.6 Å². The van der Waals surface area contributed by atoms with Crippen LogP contribution in [0.3, 0.4) is 0 Å². The highest BCUT2D eigenvalue weighted by molar-refractivity contribution is 7.80. The monoisotopic (exact) mass is 368 g/mol. The molecule has 0 aromatic heterocycles. The van der Waals surface area contributed by atoms with Gasteiger partial charge in [0, 0.05) is 11.8 Å². The fraction of sp³-hybridized carbons (Fsp3) is 0.238. The molecule has 1 amide bonds. The van der Waals surface area contributed by atoms with Crippen LogP contribution in [0.5, 0.6) is 5.75 Å². The fourth-order valence-electron chi connectivity index (χ4n) is 2.45. The second-order valence-corrected chi connectivity index (χ2v) is 6.35. The predicted octanol–water partition coefficient (Wildman–Crippen LogP) is 4.74. The van der Waals surface area contributed by atoms with Gasteiger partial charge in [-0.1, -0.05) is 44.2 Å². The molecule has 0 radical (unpaired) electrons. The third kappa shape index (κ3) is 5.70. The largest absolute Gasteiger partial charge is 0.497 e. The number of methoxy groups -OCH3 is 1. The van der Waals surface area contributed by atoms with Crippen molar-refractivity contribution >= 4 is 35.0 Å². The van der Waals surface area contributed by atoms with E-state index in [0.717, 1.165) is 23.4 Å². The van der Waals surface area contributed by atoms with Gasteiger partial charge in [0.05, 0.1) is 7.11 Å². The van der Waals surface area contributed by atoms with E-state index in [1.165, 1.54) is 11.6 Å². The highest BCUT2D eigenvalue weighted by Gasteiger charge is 2.10. The van der Waals surface area contributed by atoms with E-state index in [4.69, 9.17) is 17.0 Å². The zero-order valence-electron chi connectivity index (χ0n) is 15.3. The van der Waals surface area contributed by atoms with E-state index in [0.29, 0.717) is 5.92 Å². The van der Waals surface area contributed by atoms with Crippen molar-refractivity contribution < 1.29 is 9.53 Å². The second kappa shape index (κ2) is 9.73. The van der Waals surface area contributed by atoms with Crippen LogP contribution in [0.25, 0.3) is 6.08 Å². The van der Waals surface area contributed by atoms with Gasteiger partial charge in [-0.25, -0.2) is 0 Å². The smallest absolute Gasteiger partial charge is 0.250 e. The van der Waals surface area contributed by atoms with Crippen molar-refractivity contribution in [2.24, 2.45) is 0 Å². The summed E-state index contributed by atoms with van der Waals surface area (Å²) in [5, 5.41) is 6.08. The van der Waals surface area contributed by atoms with Crippen LogP contribution in [0, 0.1) is 0 Å². The van der Waals surface area contributed by atoms with Crippen molar-refractivity contribution in [3.63, 3.8) is 0 Å². The molecule has 0 heterocycles. The maximum absolute atomic E-state index is 12.1. The van der Waals surface area contributed by atoms with Gasteiger partial charge >= 0.3 is 0 Å². The van der Waals surface area contributed by atoms with Crippen molar-refractivity contribution in [3.05, 3.63) is 65.7 Å². The molecule has 0 unspecified atom stereocenters. The number of anilines is 1. The van der Waals surface area contributed by atoms with Gasteiger partial charge in [0.25, 0.3) is 0 Å². The van der Waals surface area contributed by atoms with Crippen molar-refractivity contribution in [1.82, 2.24) is 5.32 Å². The predicted molar refractivity (Wildman–Crippen MR) is 112 cm³/mol. The lowest BCUT2D eigenvalue weighted by Crippen LogP contribution is -2.33. The van der Waals surface area contributed by atoms with Crippen molar-refractivity contribution in [1.29, 1.82) is 0 Å². The molecule has 0 fully saturated rings. The molecule has 0 saturated heterocycles. The Bertz CT molecular complexity index is 785. The summed E-state index contributed by atoms with van der Waals surface area (Å²) in [6, 6.07) is 15.4. The Labute approximate surface area is 160 Å². The molecule has 0 saturated carbocycles. The maximum Gasteiger partial charge on any atom is 0.250 e. The number of thiocarbonyl (C=S) groups is 1. The standard InChI is InChI=1S/C21H24N2O2S/c1-4-15(2)18-7-5-6-8-19(18)22-21(26)23-20(24)14-11-16-9-12-17(25-3)13-10-16/h5-15H,4H2,1-3H3,(H2,22,23,24,26)/b14-11+/t15-/m1/s1. The molecule has 0 spiro atoms. The lowest BCUT2D eigenvalue weighted by atomic mass is 9.97. The number of amides is 1. The molecule has 2 rings (SSSR count). The second-order valence-electron chi connectivity index (χ2n) is 5.95. The number of hydrogen-bond donors (Lipinski definition) is 2. The molecular weight excluding hydrogens is 344 g/mol. The lowest BCUT2D eigenvalue weighted by molar-refractivity contribution is -0.115. The van der Waals surface area contributed by atoms with Gasteiger partial charge in [-0.15, -0.1) is 0 Å². The van der Waals surface area contributed by atoms with Crippen molar-refractivity contribution in [2.45, 2.75) is 26.2 Å². The van der Waals surface area contributed by atoms with Gasteiger partial charge in [0.15, 0.2) is 5.11 Å². The van der Waals surface area contributed by atoms with Crippen LogP contribution in [-0.4, -0.2) is 18.1 Å². The first kappa shape index (κ1) is 19.7. The molecule has 136 valence electrons. The van der Waals surface area contributed by atoms with Gasteiger partial charge in [0.1, 0.15) is 5.75 Å². The summed E-state index contributed by atoms with van der Waals surface area (Å²) >= 11 is 5.26. The zero-order chi connectivity index (χ0) is 18.9. The van der Waals surface area contributed by atoms with E-state index >= 15 is 0 Å². The zero-order valence-corrected chi connectivity index (χ0v) is 16.1. The third-order valence-electron chi connectivity index (χ3n) is 4.13. The Balaban J connectivity index is 1.95. The summed E-state index contributed by atoms with van der Waals surface area (Å²) in [5.41, 5.74) is 3.01. The van der Waals surface area contributed by atoms with Crippen LogP contribution in [-0.2, 0) is 4.79 Å². The van der Waals surface area contributed by atoms with Gasteiger partial charge in [0.2, 0.25) is 5.91 Å². The lowest BCUT2D eigenvalue weighted by Gasteiger charge is -2.16. The summed E-state index contributed by atoms with van der Waals surface area (Å²) < 4.78 is 5.11. The SMILES string of the molecule is CC[C@@H](C)c1ccccc1NC(=S)NC(=O)/C=C/c1ccc(OC)cc1.